The Morgan fingerprint density at radius 2 is 0.800 bits per heavy atom. The first-order valence-corrected chi connectivity index (χ1v) is 10.1. The summed E-state index contributed by atoms with van der Waals surface area (Å²) in [7, 11) is -2.18. The maximum absolute atomic E-state index is 14.6. The van der Waals surface area contributed by atoms with Gasteiger partial charge in [-0.1, -0.05) is 60.7 Å². The van der Waals surface area contributed by atoms with Gasteiger partial charge in [0.25, 0.3) is 0 Å². The molecule has 0 bridgehead atoms. The summed E-state index contributed by atoms with van der Waals surface area (Å²) >= 11 is 0. The normalized spacial score (nSPS) is 11.1. The average molecular weight is 426 g/mol. The van der Waals surface area contributed by atoms with Gasteiger partial charge in [0, 0.05) is 9.79 Å². The molecule has 4 rings (SSSR count). The molecule has 0 heterocycles. The van der Waals surface area contributed by atoms with E-state index in [0.717, 1.165) is 24.3 Å². The van der Waals surface area contributed by atoms with E-state index in [1.54, 1.807) is 60.7 Å². The second kappa shape index (κ2) is 8.24. The molecule has 0 fully saturated rings. The van der Waals surface area contributed by atoms with Crippen molar-refractivity contribution in [2.75, 3.05) is 0 Å². The Balaban J connectivity index is 1.74. The Hall–Kier alpha value is -3.25. The molecule has 0 atom stereocenters. The van der Waals surface area contributed by atoms with Gasteiger partial charge in [0.2, 0.25) is 0 Å². The van der Waals surface area contributed by atoms with Crippen molar-refractivity contribution in [1.29, 1.82) is 0 Å². The molecular weight excluding hydrogens is 412 g/mol. The van der Waals surface area contributed by atoms with E-state index in [4.69, 9.17) is 0 Å². The van der Waals surface area contributed by atoms with Crippen LogP contribution in [-0.2, 0) is 10.8 Å². The molecule has 0 unspecified atom stereocenters. The van der Waals surface area contributed by atoms with Gasteiger partial charge >= 0.3 is 0 Å². The van der Waals surface area contributed by atoms with E-state index >= 15 is 0 Å². The minimum Gasteiger partial charge on any atom is -0.249 e. The van der Waals surface area contributed by atoms with Gasteiger partial charge in [0.1, 0.15) is 23.3 Å². The van der Waals surface area contributed by atoms with Gasteiger partial charge in [-0.15, -0.1) is 0 Å². The lowest BCUT2D eigenvalue weighted by Gasteiger charge is -2.11. The third-order valence-electron chi connectivity index (χ3n) is 4.58. The summed E-state index contributed by atoms with van der Waals surface area (Å²) in [6, 6.07) is 19.8. The first-order valence-electron chi connectivity index (χ1n) is 8.96. The van der Waals surface area contributed by atoms with Gasteiger partial charge in [-0.2, -0.15) is 0 Å². The zero-order chi connectivity index (χ0) is 21.3. The van der Waals surface area contributed by atoms with Gasteiger partial charge in [-0.05, 0) is 35.4 Å². The second-order valence-corrected chi connectivity index (χ2v) is 8.00. The van der Waals surface area contributed by atoms with Gasteiger partial charge in [-0.25, -0.2) is 21.8 Å². The standard InChI is InChI=1S/C24H14F4OS/c25-19-11-17(12-20(26)23(19)15-7-3-1-4-8-15)30(29)18-13-21(27)24(22(28)14-18)16-9-5-2-6-10-16/h1-14H. The number of hydrogen-bond acceptors (Lipinski definition) is 1. The molecule has 0 spiro atoms. The molecule has 0 aliphatic carbocycles. The van der Waals surface area contributed by atoms with E-state index in [9.17, 15) is 21.8 Å². The van der Waals surface area contributed by atoms with Crippen molar-refractivity contribution < 1.29 is 21.8 Å². The Bertz CT molecular complexity index is 1100. The van der Waals surface area contributed by atoms with E-state index in [1.807, 2.05) is 0 Å². The first-order chi connectivity index (χ1) is 14.5. The van der Waals surface area contributed by atoms with Crippen LogP contribution in [0.2, 0.25) is 0 Å². The highest BCUT2D eigenvalue weighted by atomic mass is 32.2. The Labute approximate surface area is 173 Å². The minimum absolute atomic E-state index is 0.226. The number of rotatable bonds is 4. The molecule has 4 aromatic carbocycles. The van der Waals surface area contributed by atoms with Crippen molar-refractivity contribution >= 4 is 10.8 Å². The zero-order valence-corrected chi connectivity index (χ0v) is 16.2. The molecule has 0 saturated carbocycles. The molecule has 4 aromatic rings. The minimum atomic E-state index is -2.18. The molecule has 0 amide bonds. The lowest BCUT2D eigenvalue weighted by molar-refractivity contribution is 0.580. The predicted molar refractivity (Wildman–Crippen MR) is 108 cm³/mol. The van der Waals surface area contributed by atoms with Crippen LogP contribution < -0.4 is 0 Å². The van der Waals surface area contributed by atoms with Crippen LogP contribution >= 0.6 is 0 Å². The third-order valence-corrected chi connectivity index (χ3v) is 5.91. The number of hydrogen-bond donors (Lipinski definition) is 0. The maximum atomic E-state index is 14.6. The van der Waals surface area contributed by atoms with Crippen LogP contribution in [0.3, 0.4) is 0 Å². The highest BCUT2D eigenvalue weighted by Crippen LogP contribution is 2.32. The molecule has 0 aliphatic heterocycles. The predicted octanol–water partition coefficient (Wildman–Crippen LogP) is 6.74. The number of halogens is 4. The van der Waals surface area contributed by atoms with E-state index < -0.39 is 34.1 Å². The van der Waals surface area contributed by atoms with Crippen molar-refractivity contribution in [1.82, 2.24) is 0 Å². The zero-order valence-electron chi connectivity index (χ0n) is 15.4. The van der Waals surface area contributed by atoms with E-state index in [2.05, 4.69) is 0 Å². The lowest BCUT2D eigenvalue weighted by atomic mass is 10.0. The van der Waals surface area contributed by atoms with Crippen LogP contribution in [0.25, 0.3) is 22.3 Å². The first kappa shape index (κ1) is 20.0. The SMILES string of the molecule is O=S(c1cc(F)c(-c2ccccc2)c(F)c1)c1cc(F)c(-c2ccccc2)c(F)c1. The molecule has 0 saturated heterocycles. The molecule has 30 heavy (non-hydrogen) atoms. The van der Waals surface area contributed by atoms with Crippen LogP contribution in [0.5, 0.6) is 0 Å². The Morgan fingerprint density at radius 1 is 0.500 bits per heavy atom. The van der Waals surface area contributed by atoms with Gasteiger partial charge in [0.15, 0.2) is 0 Å². The summed E-state index contributed by atoms with van der Waals surface area (Å²) in [4.78, 5) is -0.452. The van der Waals surface area contributed by atoms with Crippen LogP contribution in [0.15, 0.2) is 94.7 Å². The van der Waals surface area contributed by atoms with Crippen LogP contribution in [0, 0.1) is 23.3 Å². The number of benzene rings is 4. The molecule has 6 heteroatoms. The van der Waals surface area contributed by atoms with E-state index in [0.29, 0.717) is 11.1 Å². The second-order valence-electron chi connectivity index (χ2n) is 6.52. The molecular formula is C24H14F4OS. The summed E-state index contributed by atoms with van der Waals surface area (Å²) in [5.74, 6) is -3.64. The molecule has 0 radical (unpaired) electrons. The topological polar surface area (TPSA) is 17.1 Å². The largest absolute Gasteiger partial charge is 0.249 e. The Kier molecular flexibility index (Phi) is 5.50. The summed E-state index contributed by atoms with van der Waals surface area (Å²) in [5.41, 5.74) is 0.143. The smallest absolute Gasteiger partial charge is 0.135 e. The van der Waals surface area contributed by atoms with Gasteiger partial charge < -0.3 is 0 Å². The summed E-state index contributed by atoms with van der Waals surface area (Å²) in [5, 5.41) is 0. The Morgan fingerprint density at radius 3 is 1.10 bits per heavy atom. The van der Waals surface area contributed by atoms with E-state index in [-0.39, 0.29) is 20.9 Å². The lowest BCUT2D eigenvalue weighted by Crippen LogP contribution is -2.01. The van der Waals surface area contributed by atoms with Gasteiger partial charge in [-0.3, -0.25) is 0 Å². The highest BCUT2D eigenvalue weighted by molar-refractivity contribution is 7.85. The van der Waals surface area contributed by atoms with Crippen molar-refractivity contribution in [3.63, 3.8) is 0 Å². The fraction of sp³-hybridized carbons (Fsp3) is 0. The summed E-state index contributed by atoms with van der Waals surface area (Å²) in [6.07, 6.45) is 0. The fourth-order valence-corrected chi connectivity index (χ4v) is 4.33. The van der Waals surface area contributed by atoms with Crippen molar-refractivity contribution in [2.24, 2.45) is 0 Å². The van der Waals surface area contributed by atoms with Gasteiger partial charge in [0.05, 0.1) is 21.9 Å². The molecule has 0 N–H and O–H groups in total. The fourth-order valence-electron chi connectivity index (χ4n) is 3.21. The third kappa shape index (κ3) is 3.78. The molecule has 0 aromatic heterocycles. The molecule has 0 aliphatic rings. The van der Waals surface area contributed by atoms with Crippen molar-refractivity contribution in [2.45, 2.75) is 9.79 Å². The summed E-state index contributed by atoms with van der Waals surface area (Å²) in [6.45, 7) is 0. The van der Waals surface area contributed by atoms with Crippen LogP contribution in [0.4, 0.5) is 17.6 Å². The molecule has 1 nitrogen and oxygen atoms in total. The van der Waals surface area contributed by atoms with Crippen molar-refractivity contribution in [3.8, 4) is 22.3 Å². The quantitative estimate of drug-likeness (QED) is 0.330. The maximum Gasteiger partial charge on any atom is 0.135 e. The monoisotopic (exact) mass is 426 g/mol. The highest BCUT2D eigenvalue weighted by Gasteiger charge is 2.20. The average Bonchev–Trinajstić information content (AvgIpc) is 2.73. The summed E-state index contributed by atoms with van der Waals surface area (Å²) < 4.78 is 71.2. The van der Waals surface area contributed by atoms with Crippen LogP contribution in [-0.4, -0.2) is 4.21 Å². The van der Waals surface area contributed by atoms with E-state index in [1.165, 1.54) is 0 Å². The molecule has 150 valence electrons. The van der Waals surface area contributed by atoms with Crippen molar-refractivity contribution in [3.05, 3.63) is 108 Å². The van der Waals surface area contributed by atoms with Crippen LogP contribution in [0.1, 0.15) is 0 Å².